The van der Waals surface area contributed by atoms with Crippen molar-refractivity contribution in [3.8, 4) is 11.5 Å². The molecule has 2 aromatic rings. The molecule has 0 fully saturated rings. The molecule has 2 N–H and O–H groups in total. The molecule has 0 unspecified atom stereocenters. The average Bonchev–Trinajstić information content (AvgIpc) is 2.55. The third-order valence-electron chi connectivity index (χ3n) is 3.23. The van der Waals surface area contributed by atoms with Crippen molar-refractivity contribution in [1.82, 2.24) is 0 Å². The summed E-state index contributed by atoms with van der Waals surface area (Å²) >= 11 is 9.20. The second kappa shape index (κ2) is 8.15. The lowest BCUT2D eigenvalue weighted by Gasteiger charge is -2.15. The molecule has 26 heavy (non-hydrogen) atoms. The van der Waals surface area contributed by atoms with Gasteiger partial charge >= 0.3 is 0 Å². The van der Waals surface area contributed by atoms with Gasteiger partial charge in [0.05, 0.1) is 30.1 Å². The maximum absolute atomic E-state index is 12.8. The molecule has 2 aromatic carbocycles. The molecule has 0 bridgehead atoms. The lowest BCUT2D eigenvalue weighted by Crippen LogP contribution is -2.15. The summed E-state index contributed by atoms with van der Waals surface area (Å²) < 4.78 is 38.7. The smallest absolute Gasteiger partial charge is 0.265 e. The highest BCUT2D eigenvalue weighted by molar-refractivity contribution is 9.10. The minimum atomic E-state index is -3.99. The van der Waals surface area contributed by atoms with Crippen LogP contribution < -0.4 is 19.5 Å². The van der Waals surface area contributed by atoms with Gasteiger partial charge in [-0.15, -0.1) is 0 Å². The number of hydrogen-bond acceptors (Lipinski definition) is 5. The van der Waals surface area contributed by atoms with Crippen molar-refractivity contribution in [1.29, 1.82) is 0 Å². The van der Waals surface area contributed by atoms with Gasteiger partial charge in [-0.05, 0) is 40.2 Å². The summed E-state index contributed by atoms with van der Waals surface area (Å²) in [6.07, 6.45) is 0. The Morgan fingerprint density at radius 2 is 1.85 bits per heavy atom. The topological polar surface area (TPSA) is 93.7 Å². The molecular weight excluding hydrogens is 448 g/mol. The van der Waals surface area contributed by atoms with Crippen molar-refractivity contribution < 1.29 is 22.7 Å². The molecule has 0 saturated heterocycles. The van der Waals surface area contributed by atoms with E-state index < -0.39 is 10.0 Å². The minimum Gasteiger partial charge on any atom is -0.494 e. The molecule has 140 valence electrons. The van der Waals surface area contributed by atoms with Gasteiger partial charge in [0.1, 0.15) is 10.6 Å². The van der Waals surface area contributed by atoms with Crippen LogP contribution in [0.2, 0.25) is 5.02 Å². The van der Waals surface area contributed by atoms with Crippen LogP contribution in [-0.2, 0) is 14.8 Å². The number of methoxy groups -OCH3 is 2. The van der Waals surface area contributed by atoms with Gasteiger partial charge in [-0.25, -0.2) is 8.42 Å². The molecule has 0 aliphatic rings. The van der Waals surface area contributed by atoms with Crippen molar-refractivity contribution in [3.05, 3.63) is 39.8 Å². The van der Waals surface area contributed by atoms with Gasteiger partial charge in [-0.2, -0.15) is 0 Å². The molecule has 0 atom stereocenters. The lowest BCUT2D eigenvalue weighted by atomic mass is 10.2. The molecule has 0 spiro atoms. The van der Waals surface area contributed by atoms with Crippen molar-refractivity contribution in [3.63, 3.8) is 0 Å². The summed E-state index contributed by atoms with van der Waals surface area (Å²) in [7, 11) is -1.22. The van der Waals surface area contributed by atoms with E-state index in [1.54, 1.807) is 0 Å². The van der Waals surface area contributed by atoms with Gasteiger partial charge in [0.15, 0.2) is 5.75 Å². The Kier molecular flexibility index (Phi) is 6.38. The Morgan fingerprint density at radius 1 is 1.15 bits per heavy atom. The lowest BCUT2D eigenvalue weighted by molar-refractivity contribution is -0.114. The van der Waals surface area contributed by atoms with Crippen LogP contribution in [-0.4, -0.2) is 28.5 Å². The Balaban J connectivity index is 2.43. The zero-order valence-electron chi connectivity index (χ0n) is 14.1. The second-order valence-electron chi connectivity index (χ2n) is 5.12. The number of rotatable bonds is 6. The van der Waals surface area contributed by atoms with E-state index in [-0.39, 0.29) is 27.3 Å². The molecule has 0 aliphatic heterocycles. The Labute approximate surface area is 164 Å². The Hall–Kier alpha value is -1.97. The standard InChI is InChI=1S/C16H16BrClN2O5S/c1-9(21)19-13-5-4-11(8-14(13)24-2)20-26(22,23)15-7-10(18)6-12(17)16(15)25-3/h4-8,20H,1-3H3,(H,19,21). The zero-order chi connectivity index (χ0) is 19.5. The van der Waals surface area contributed by atoms with Gasteiger partial charge in [-0.1, -0.05) is 11.6 Å². The normalized spacial score (nSPS) is 11.0. The monoisotopic (exact) mass is 462 g/mol. The maximum atomic E-state index is 12.8. The highest BCUT2D eigenvalue weighted by Crippen LogP contribution is 2.37. The molecule has 10 heteroatoms. The van der Waals surface area contributed by atoms with Crippen molar-refractivity contribution in [2.45, 2.75) is 11.8 Å². The third-order valence-corrected chi connectivity index (χ3v) is 5.43. The number of anilines is 2. The Bertz CT molecular complexity index is 950. The van der Waals surface area contributed by atoms with Crippen LogP contribution in [0.5, 0.6) is 11.5 Å². The SMILES string of the molecule is COc1cc(NS(=O)(=O)c2cc(Cl)cc(Br)c2OC)ccc1NC(C)=O. The van der Waals surface area contributed by atoms with E-state index in [9.17, 15) is 13.2 Å². The molecular formula is C16H16BrClN2O5S. The fourth-order valence-electron chi connectivity index (χ4n) is 2.19. The number of carbonyl (C=O) groups is 1. The number of benzene rings is 2. The first-order valence-corrected chi connectivity index (χ1v) is 9.85. The van der Waals surface area contributed by atoms with Gasteiger partial charge in [0.2, 0.25) is 5.91 Å². The summed E-state index contributed by atoms with van der Waals surface area (Å²) in [6.45, 7) is 1.36. The largest absolute Gasteiger partial charge is 0.494 e. The van der Waals surface area contributed by atoms with Crippen LogP contribution in [0.1, 0.15) is 6.92 Å². The van der Waals surface area contributed by atoms with E-state index in [2.05, 4.69) is 26.0 Å². The van der Waals surface area contributed by atoms with Crippen molar-refractivity contribution >= 4 is 54.8 Å². The summed E-state index contributed by atoms with van der Waals surface area (Å²) in [6, 6.07) is 7.30. The number of hydrogen-bond donors (Lipinski definition) is 2. The first-order chi connectivity index (χ1) is 12.2. The quantitative estimate of drug-likeness (QED) is 0.678. The van der Waals surface area contributed by atoms with Crippen LogP contribution in [0.3, 0.4) is 0 Å². The number of nitrogens with one attached hydrogen (secondary N) is 2. The first-order valence-electron chi connectivity index (χ1n) is 7.19. The van der Waals surface area contributed by atoms with Crippen LogP contribution >= 0.6 is 27.5 Å². The summed E-state index contributed by atoms with van der Waals surface area (Å²) in [5.41, 5.74) is 0.667. The number of sulfonamides is 1. The van der Waals surface area contributed by atoms with E-state index in [0.717, 1.165) is 0 Å². The predicted octanol–water partition coefficient (Wildman–Crippen LogP) is 3.88. The molecule has 1 amide bonds. The van der Waals surface area contributed by atoms with E-state index in [4.69, 9.17) is 21.1 Å². The minimum absolute atomic E-state index is 0.121. The van der Waals surface area contributed by atoms with E-state index in [0.29, 0.717) is 15.9 Å². The Morgan fingerprint density at radius 3 is 2.42 bits per heavy atom. The predicted molar refractivity (Wildman–Crippen MR) is 104 cm³/mol. The molecule has 0 aromatic heterocycles. The van der Waals surface area contributed by atoms with E-state index in [1.165, 1.54) is 51.5 Å². The van der Waals surface area contributed by atoms with Crippen LogP contribution in [0.4, 0.5) is 11.4 Å². The molecule has 0 radical (unpaired) electrons. The van der Waals surface area contributed by atoms with Crippen molar-refractivity contribution in [2.75, 3.05) is 24.3 Å². The average molecular weight is 464 g/mol. The van der Waals surface area contributed by atoms with Crippen LogP contribution in [0.15, 0.2) is 39.7 Å². The number of halogens is 2. The highest BCUT2D eigenvalue weighted by atomic mass is 79.9. The highest BCUT2D eigenvalue weighted by Gasteiger charge is 2.23. The zero-order valence-corrected chi connectivity index (χ0v) is 17.3. The molecule has 0 heterocycles. The number of carbonyl (C=O) groups excluding carboxylic acids is 1. The maximum Gasteiger partial charge on any atom is 0.265 e. The van der Waals surface area contributed by atoms with Gasteiger partial charge < -0.3 is 14.8 Å². The fourth-order valence-corrected chi connectivity index (χ4v) is 4.63. The molecule has 7 nitrogen and oxygen atoms in total. The third kappa shape index (κ3) is 4.60. The molecule has 0 saturated carbocycles. The fraction of sp³-hybridized carbons (Fsp3) is 0.188. The molecule has 0 aliphatic carbocycles. The van der Waals surface area contributed by atoms with E-state index in [1.807, 2.05) is 0 Å². The van der Waals surface area contributed by atoms with Crippen molar-refractivity contribution in [2.24, 2.45) is 0 Å². The van der Waals surface area contributed by atoms with Gasteiger partial charge in [0.25, 0.3) is 10.0 Å². The summed E-state index contributed by atoms with van der Waals surface area (Å²) in [5, 5.41) is 2.83. The summed E-state index contributed by atoms with van der Waals surface area (Å²) in [4.78, 5) is 11.1. The summed E-state index contributed by atoms with van der Waals surface area (Å²) in [5.74, 6) is 0.161. The number of amides is 1. The van der Waals surface area contributed by atoms with Gasteiger partial charge in [0, 0.05) is 18.0 Å². The molecule has 2 rings (SSSR count). The first kappa shape index (κ1) is 20.3. The second-order valence-corrected chi connectivity index (χ2v) is 8.06. The van der Waals surface area contributed by atoms with E-state index >= 15 is 0 Å². The number of ether oxygens (including phenoxy) is 2. The van der Waals surface area contributed by atoms with Crippen LogP contribution in [0.25, 0.3) is 0 Å². The van der Waals surface area contributed by atoms with Crippen LogP contribution in [0, 0.1) is 0 Å². The van der Waals surface area contributed by atoms with Gasteiger partial charge in [-0.3, -0.25) is 9.52 Å².